The number of fused-ring (bicyclic) bond motifs is 1. The van der Waals surface area contributed by atoms with Crippen LogP contribution in [0, 0.1) is 0 Å². The highest BCUT2D eigenvalue weighted by Crippen LogP contribution is 2.31. The van der Waals surface area contributed by atoms with E-state index < -0.39 is 5.97 Å². The summed E-state index contributed by atoms with van der Waals surface area (Å²) in [6, 6.07) is 9.73. The molecule has 3 N–H and O–H groups in total. The number of para-hydroxylation sites is 1. The highest BCUT2D eigenvalue weighted by Gasteiger charge is 2.14. The van der Waals surface area contributed by atoms with E-state index in [1.807, 2.05) is 0 Å². The highest BCUT2D eigenvalue weighted by molar-refractivity contribution is 6.01. The second-order valence-corrected chi connectivity index (χ2v) is 4.48. The van der Waals surface area contributed by atoms with Gasteiger partial charge < -0.3 is 19.9 Å². The first kappa shape index (κ1) is 13.0. The molecule has 0 saturated heterocycles. The Hall–Kier alpha value is -3.02. The summed E-state index contributed by atoms with van der Waals surface area (Å²) >= 11 is 0. The van der Waals surface area contributed by atoms with E-state index in [0.29, 0.717) is 28.2 Å². The van der Waals surface area contributed by atoms with E-state index in [9.17, 15) is 15.0 Å². The molecule has 0 bridgehead atoms. The van der Waals surface area contributed by atoms with Gasteiger partial charge in [0.05, 0.1) is 18.2 Å². The van der Waals surface area contributed by atoms with Gasteiger partial charge in [-0.05, 0) is 30.3 Å². The summed E-state index contributed by atoms with van der Waals surface area (Å²) in [5.74, 6) is -0.158. The molecule has 0 aliphatic heterocycles. The first-order chi connectivity index (χ1) is 10.1. The number of ether oxygens (including phenoxy) is 1. The molecule has 0 aliphatic rings. The number of methoxy groups -OCH3 is 1. The molecule has 0 unspecified atom stereocenters. The fraction of sp³-hybridized carbons (Fsp3) is 0.0667. The number of H-pyrrole nitrogens is 1. The van der Waals surface area contributed by atoms with Crippen LogP contribution >= 0.6 is 0 Å². The van der Waals surface area contributed by atoms with Crippen molar-refractivity contribution in [3.05, 3.63) is 42.0 Å². The summed E-state index contributed by atoms with van der Waals surface area (Å²) in [7, 11) is 1.46. The van der Waals surface area contributed by atoms with E-state index in [1.54, 1.807) is 24.3 Å². The number of aromatic hydroxyl groups is 1. The predicted octanol–water partition coefficient (Wildman–Crippen LogP) is 2.64. The standard InChI is InChI=1S/C15H12N2O4/c1-21-12-7-8(5-6-11(12)18)14-16-10-4-2-3-9(15(19)20)13(10)17-14/h2-7,18H,1H3,(H,16,17)(H,19,20). The Bertz CT molecular complexity index is 839. The fourth-order valence-corrected chi connectivity index (χ4v) is 2.17. The van der Waals surface area contributed by atoms with Crippen molar-refractivity contribution >= 4 is 17.0 Å². The summed E-state index contributed by atoms with van der Waals surface area (Å²) in [4.78, 5) is 18.6. The zero-order valence-electron chi connectivity index (χ0n) is 11.1. The first-order valence-electron chi connectivity index (χ1n) is 6.19. The van der Waals surface area contributed by atoms with Gasteiger partial charge in [-0.2, -0.15) is 0 Å². The monoisotopic (exact) mass is 284 g/mol. The summed E-state index contributed by atoms with van der Waals surface area (Å²) in [6.45, 7) is 0. The van der Waals surface area contributed by atoms with Gasteiger partial charge in [0.15, 0.2) is 11.5 Å². The first-order valence-corrected chi connectivity index (χ1v) is 6.19. The lowest BCUT2D eigenvalue weighted by Crippen LogP contribution is -1.96. The minimum absolute atomic E-state index is 0.0311. The summed E-state index contributed by atoms with van der Waals surface area (Å²) in [5.41, 5.74) is 1.86. The van der Waals surface area contributed by atoms with E-state index in [1.165, 1.54) is 19.2 Å². The second-order valence-electron chi connectivity index (χ2n) is 4.48. The molecule has 21 heavy (non-hydrogen) atoms. The number of phenolic OH excluding ortho intramolecular Hbond substituents is 1. The van der Waals surface area contributed by atoms with Crippen LogP contribution in [-0.2, 0) is 0 Å². The number of carboxylic acid groups (broad SMARTS) is 1. The van der Waals surface area contributed by atoms with Crippen LogP contribution in [0.15, 0.2) is 36.4 Å². The van der Waals surface area contributed by atoms with Crippen LogP contribution in [-0.4, -0.2) is 33.3 Å². The van der Waals surface area contributed by atoms with Gasteiger partial charge in [0, 0.05) is 5.56 Å². The summed E-state index contributed by atoms with van der Waals surface area (Å²) in [5, 5.41) is 18.8. The normalized spacial score (nSPS) is 10.7. The lowest BCUT2D eigenvalue weighted by molar-refractivity contribution is 0.0699. The number of hydrogen-bond donors (Lipinski definition) is 3. The van der Waals surface area contributed by atoms with Gasteiger partial charge in [0.1, 0.15) is 11.3 Å². The van der Waals surface area contributed by atoms with Crippen LogP contribution in [0.3, 0.4) is 0 Å². The number of hydrogen-bond acceptors (Lipinski definition) is 4. The molecular formula is C15H12N2O4. The van der Waals surface area contributed by atoms with E-state index in [2.05, 4.69) is 9.97 Å². The number of phenols is 1. The number of aromatic amines is 1. The molecule has 106 valence electrons. The van der Waals surface area contributed by atoms with Crippen LogP contribution in [0.1, 0.15) is 10.4 Å². The van der Waals surface area contributed by atoms with Gasteiger partial charge >= 0.3 is 5.97 Å². The third-order valence-electron chi connectivity index (χ3n) is 3.20. The lowest BCUT2D eigenvalue weighted by Gasteiger charge is -2.04. The Labute approximate surface area is 119 Å². The minimum atomic E-state index is -1.03. The smallest absolute Gasteiger partial charge is 0.337 e. The van der Waals surface area contributed by atoms with Gasteiger partial charge in [-0.15, -0.1) is 0 Å². The number of nitrogens with zero attached hydrogens (tertiary/aromatic N) is 1. The molecule has 0 atom stereocenters. The number of carbonyl (C=O) groups is 1. The van der Waals surface area contributed by atoms with Gasteiger partial charge in [0.2, 0.25) is 0 Å². The number of benzene rings is 2. The molecule has 3 rings (SSSR count). The molecule has 0 saturated carbocycles. The van der Waals surface area contributed by atoms with Crippen molar-refractivity contribution < 1.29 is 19.7 Å². The highest BCUT2D eigenvalue weighted by atomic mass is 16.5. The van der Waals surface area contributed by atoms with Crippen LogP contribution in [0.5, 0.6) is 11.5 Å². The van der Waals surface area contributed by atoms with Crippen molar-refractivity contribution in [3.63, 3.8) is 0 Å². The average molecular weight is 284 g/mol. The predicted molar refractivity (Wildman–Crippen MR) is 76.7 cm³/mol. The molecule has 3 aromatic rings. The molecule has 0 radical (unpaired) electrons. The molecule has 0 amide bonds. The van der Waals surface area contributed by atoms with Crippen molar-refractivity contribution in [3.8, 4) is 22.9 Å². The van der Waals surface area contributed by atoms with Crippen molar-refractivity contribution in [1.82, 2.24) is 9.97 Å². The Kier molecular flexibility index (Phi) is 2.98. The van der Waals surface area contributed by atoms with Crippen molar-refractivity contribution in [2.45, 2.75) is 0 Å². The molecule has 6 heteroatoms. The van der Waals surface area contributed by atoms with E-state index in [0.717, 1.165) is 0 Å². The Morgan fingerprint density at radius 1 is 1.29 bits per heavy atom. The fourth-order valence-electron chi connectivity index (χ4n) is 2.17. The molecule has 0 fully saturated rings. The number of rotatable bonds is 3. The number of imidazole rings is 1. The number of aromatic nitrogens is 2. The number of nitrogens with one attached hydrogen (secondary N) is 1. The molecule has 6 nitrogen and oxygen atoms in total. The third-order valence-corrected chi connectivity index (χ3v) is 3.20. The van der Waals surface area contributed by atoms with Crippen LogP contribution in [0.2, 0.25) is 0 Å². The van der Waals surface area contributed by atoms with Gasteiger partial charge in [-0.1, -0.05) is 6.07 Å². The summed E-state index contributed by atoms with van der Waals surface area (Å²) in [6.07, 6.45) is 0. The van der Waals surface area contributed by atoms with E-state index in [4.69, 9.17) is 4.74 Å². The Balaban J connectivity index is 2.17. The minimum Gasteiger partial charge on any atom is -0.504 e. The van der Waals surface area contributed by atoms with Crippen molar-refractivity contribution in [2.24, 2.45) is 0 Å². The van der Waals surface area contributed by atoms with Gasteiger partial charge in [0.25, 0.3) is 0 Å². The zero-order chi connectivity index (χ0) is 15.0. The quantitative estimate of drug-likeness (QED) is 0.687. The average Bonchev–Trinajstić information content (AvgIpc) is 2.91. The maximum atomic E-state index is 11.2. The van der Waals surface area contributed by atoms with E-state index >= 15 is 0 Å². The van der Waals surface area contributed by atoms with Gasteiger partial charge in [-0.3, -0.25) is 0 Å². The third kappa shape index (κ3) is 2.16. The topological polar surface area (TPSA) is 95.4 Å². The van der Waals surface area contributed by atoms with Crippen molar-refractivity contribution in [1.29, 1.82) is 0 Å². The largest absolute Gasteiger partial charge is 0.504 e. The molecular weight excluding hydrogens is 272 g/mol. The van der Waals surface area contributed by atoms with E-state index in [-0.39, 0.29) is 11.3 Å². The van der Waals surface area contributed by atoms with Crippen molar-refractivity contribution in [2.75, 3.05) is 7.11 Å². The second kappa shape index (κ2) is 4.82. The molecule has 1 aromatic heterocycles. The van der Waals surface area contributed by atoms with Gasteiger partial charge in [-0.25, -0.2) is 9.78 Å². The maximum absolute atomic E-state index is 11.2. The molecule has 0 spiro atoms. The Morgan fingerprint density at radius 3 is 2.81 bits per heavy atom. The zero-order valence-corrected chi connectivity index (χ0v) is 11.1. The number of carboxylic acids is 1. The summed E-state index contributed by atoms with van der Waals surface area (Å²) < 4.78 is 5.06. The number of aromatic carboxylic acids is 1. The maximum Gasteiger partial charge on any atom is 0.337 e. The lowest BCUT2D eigenvalue weighted by atomic mass is 10.2. The Morgan fingerprint density at radius 2 is 2.10 bits per heavy atom. The van der Waals surface area contributed by atoms with Crippen LogP contribution in [0.4, 0.5) is 0 Å². The van der Waals surface area contributed by atoms with Crippen LogP contribution < -0.4 is 4.74 Å². The van der Waals surface area contributed by atoms with Crippen LogP contribution in [0.25, 0.3) is 22.4 Å². The SMILES string of the molecule is COc1cc(-c2nc3c(C(=O)O)cccc3[nH]2)ccc1O. The molecule has 2 aromatic carbocycles. The molecule has 1 heterocycles. The molecule has 0 aliphatic carbocycles.